The molecule has 0 N–H and O–H groups in total. The van der Waals surface area contributed by atoms with Gasteiger partial charge in [-0.05, 0) is 24.1 Å². The summed E-state index contributed by atoms with van der Waals surface area (Å²) in [5, 5.41) is 4.64. The van der Waals surface area contributed by atoms with Gasteiger partial charge in [-0.2, -0.15) is 5.10 Å². The highest BCUT2D eigenvalue weighted by atomic mass is 35.5. The third kappa shape index (κ3) is 3.47. The van der Waals surface area contributed by atoms with Crippen molar-refractivity contribution in [3.05, 3.63) is 53.1 Å². The Kier molecular flexibility index (Phi) is 4.43. The maximum Gasteiger partial charge on any atom is 0.224 e. The number of likely N-dealkylation sites (tertiary alicyclic amines) is 1. The molecule has 1 amide bonds. The summed E-state index contributed by atoms with van der Waals surface area (Å²) in [5.74, 6) is 0.187. The van der Waals surface area contributed by atoms with Crippen LogP contribution in [0.3, 0.4) is 0 Å². The maximum absolute atomic E-state index is 13.0. The molecule has 0 radical (unpaired) electrons. The first-order valence-corrected chi connectivity index (χ1v) is 7.71. The van der Waals surface area contributed by atoms with E-state index in [2.05, 4.69) is 5.10 Å². The molecule has 0 bridgehead atoms. The van der Waals surface area contributed by atoms with Crippen LogP contribution in [0.25, 0.3) is 0 Å². The summed E-state index contributed by atoms with van der Waals surface area (Å²) in [7, 11) is 0. The molecule has 1 aliphatic rings. The highest BCUT2D eigenvalue weighted by molar-refractivity contribution is 6.30. The average Bonchev–Trinajstić information content (AvgIpc) is 3.15. The Morgan fingerprint density at radius 2 is 2.14 bits per heavy atom. The molecule has 1 aromatic carbocycles. The van der Waals surface area contributed by atoms with Gasteiger partial charge in [-0.25, -0.2) is 4.39 Å². The van der Waals surface area contributed by atoms with E-state index in [0.717, 1.165) is 18.5 Å². The molecule has 116 valence electrons. The SMILES string of the molecule is O=C(CCn1cc(Cl)cn1)N1CC[C@H](c2ccc(F)cc2)C1. The number of aromatic nitrogens is 2. The predicted molar refractivity (Wildman–Crippen MR) is 82.2 cm³/mol. The molecule has 2 aromatic rings. The predicted octanol–water partition coefficient (Wildman–Crippen LogP) is 3.08. The van der Waals surface area contributed by atoms with Crippen LogP contribution in [0.4, 0.5) is 4.39 Å². The van der Waals surface area contributed by atoms with Gasteiger partial charge < -0.3 is 4.90 Å². The zero-order chi connectivity index (χ0) is 15.5. The lowest BCUT2D eigenvalue weighted by Gasteiger charge is -2.16. The number of halogens is 2. The number of nitrogens with zero attached hydrogens (tertiary/aromatic N) is 3. The number of aryl methyl sites for hydroxylation is 1. The Bertz CT molecular complexity index is 656. The van der Waals surface area contributed by atoms with Crippen LogP contribution in [0, 0.1) is 5.82 Å². The first-order valence-electron chi connectivity index (χ1n) is 7.33. The summed E-state index contributed by atoms with van der Waals surface area (Å²) in [6, 6.07) is 6.56. The maximum atomic E-state index is 13.0. The molecule has 1 atom stereocenters. The molecule has 1 fully saturated rings. The van der Waals surface area contributed by atoms with Gasteiger partial charge in [0.2, 0.25) is 5.91 Å². The Morgan fingerprint density at radius 1 is 1.36 bits per heavy atom. The van der Waals surface area contributed by atoms with Crippen molar-refractivity contribution in [2.24, 2.45) is 0 Å². The van der Waals surface area contributed by atoms with Gasteiger partial charge in [-0.15, -0.1) is 0 Å². The van der Waals surface area contributed by atoms with Crippen LogP contribution in [-0.4, -0.2) is 33.7 Å². The Labute approximate surface area is 133 Å². The molecular formula is C16H17ClFN3O. The van der Waals surface area contributed by atoms with Crippen molar-refractivity contribution < 1.29 is 9.18 Å². The molecule has 3 rings (SSSR count). The van der Waals surface area contributed by atoms with Gasteiger partial charge in [0, 0.05) is 38.2 Å². The largest absolute Gasteiger partial charge is 0.342 e. The van der Waals surface area contributed by atoms with Crippen LogP contribution < -0.4 is 0 Å². The lowest BCUT2D eigenvalue weighted by atomic mass is 9.99. The van der Waals surface area contributed by atoms with Crippen molar-refractivity contribution in [2.45, 2.75) is 25.3 Å². The van der Waals surface area contributed by atoms with Crippen LogP contribution >= 0.6 is 11.6 Å². The number of rotatable bonds is 4. The fourth-order valence-electron chi connectivity index (χ4n) is 2.82. The summed E-state index contributed by atoms with van der Waals surface area (Å²) in [6.07, 6.45) is 4.60. The minimum atomic E-state index is -0.229. The topological polar surface area (TPSA) is 38.1 Å². The molecule has 2 heterocycles. The van der Waals surface area contributed by atoms with Gasteiger partial charge in [0.15, 0.2) is 0 Å². The zero-order valence-electron chi connectivity index (χ0n) is 12.1. The molecule has 0 saturated carbocycles. The third-order valence-corrected chi connectivity index (χ3v) is 4.23. The van der Waals surface area contributed by atoms with Gasteiger partial charge in [-0.1, -0.05) is 23.7 Å². The van der Waals surface area contributed by atoms with E-state index in [1.165, 1.54) is 12.1 Å². The van der Waals surface area contributed by atoms with Crippen LogP contribution in [-0.2, 0) is 11.3 Å². The Hall–Kier alpha value is -1.88. The standard InChI is InChI=1S/C16H17ClFN3O/c17-14-9-19-21(11-14)8-6-16(22)20-7-5-13(10-20)12-1-3-15(18)4-2-12/h1-4,9,11,13H,5-8,10H2/t13-/m0/s1. The molecule has 6 heteroatoms. The first-order chi connectivity index (χ1) is 10.6. The van der Waals surface area contributed by atoms with Crippen molar-refractivity contribution in [1.29, 1.82) is 0 Å². The molecule has 22 heavy (non-hydrogen) atoms. The van der Waals surface area contributed by atoms with Gasteiger partial charge in [0.1, 0.15) is 5.82 Å². The molecule has 1 aromatic heterocycles. The number of hydrogen-bond acceptors (Lipinski definition) is 2. The molecular weight excluding hydrogens is 305 g/mol. The molecule has 1 aliphatic heterocycles. The van der Waals surface area contributed by atoms with Crippen molar-refractivity contribution in [3.63, 3.8) is 0 Å². The summed E-state index contributed by atoms with van der Waals surface area (Å²) >= 11 is 5.80. The second kappa shape index (κ2) is 6.48. The monoisotopic (exact) mass is 321 g/mol. The van der Waals surface area contributed by atoms with Crippen LogP contribution in [0.1, 0.15) is 24.3 Å². The highest BCUT2D eigenvalue weighted by Crippen LogP contribution is 2.27. The minimum Gasteiger partial charge on any atom is -0.342 e. The highest BCUT2D eigenvalue weighted by Gasteiger charge is 2.27. The van der Waals surface area contributed by atoms with Crippen LogP contribution in [0.2, 0.25) is 5.02 Å². The minimum absolute atomic E-state index is 0.122. The summed E-state index contributed by atoms with van der Waals surface area (Å²) in [6.45, 7) is 1.98. The van der Waals surface area contributed by atoms with Crippen molar-refractivity contribution in [1.82, 2.24) is 14.7 Å². The normalized spacial score (nSPS) is 17.9. The zero-order valence-corrected chi connectivity index (χ0v) is 12.8. The van der Waals surface area contributed by atoms with Crippen molar-refractivity contribution in [3.8, 4) is 0 Å². The van der Waals surface area contributed by atoms with E-state index < -0.39 is 0 Å². The van der Waals surface area contributed by atoms with Crippen molar-refractivity contribution >= 4 is 17.5 Å². The van der Waals surface area contributed by atoms with E-state index in [-0.39, 0.29) is 11.7 Å². The second-order valence-electron chi connectivity index (χ2n) is 5.55. The fraction of sp³-hybridized carbons (Fsp3) is 0.375. The Balaban J connectivity index is 1.53. The van der Waals surface area contributed by atoms with E-state index in [1.807, 2.05) is 4.90 Å². The molecule has 4 nitrogen and oxygen atoms in total. The average molecular weight is 322 g/mol. The lowest BCUT2D eigenvalue weighted by molar-refractivity contribution is -0.130. The van der Waals surface area contributed by atoms with E-state index in [9.17, 15) is 9.18 Å². The molecule has 0 aliphatic carbocycles. The van der Waals surface area contributed by atoms with E-state index in [0.29, 0.717) is 30.5 Å². The Morgan fingerprint density at radius 3 is 2.82 bits per heavy atom. The summed E-state index contributed by atoms with van der Waals surface area (Å²) in [4.78, 5) is 14.1. The van der Waals surface area contributed by atoms with Gasteiger partial charge in [-0.3, -0.25) is 9.48 Å². The third-order valence-electron chi connectivity index (χ3n) is 4.04. The number of hydrogen-bond donors (Lipinski definition) is 0. The fourth-order valence-corrected chi connectivity index (χ4v) is 2.98. The van der Waals surface area contributed by atoms with Crippen molar-refractivity contribution in [2.75, 3.05) is 13.1 Å². The van der Waals surface area contributed by atoms with E-state index >= 15 is 0 Å². The van der Waals surface area contributed by atoms with Crippen LogP contribution in [0.15, 0.2) is 36.7 Å². The second-order valence-corrected chi connectivity index (χ2v) is 5.98. The van der Waals surface area contributed by atoms with E-state index in [1.54, 1.807) is 29.2 Å². The van der Waals surface area contributed by atoms with Crippen LogP contribution in [0.5, 0.6) is 0 Å². The van der Waals surface area contributed by atoms with Gasteiger partial charge in [0.05, 0.1) is 11.2 Å². The summed E-state index contributed by atoms with van der Waals surface area (Å²) in [5.41, 5.74) is 1.09. The van der Waals surface area contributed by atoms with Gasteiger partial charge in [0.25, 0.3) is 0 Å². The lowest BCUT2D eigenvalue weighted by Crippen LogP contribution is -2.29. The molecule has 1 saturated heterocycles. The number of carbonyl (C=O) groups is 1. The number of carbonyl (C=O) groups excluding carboxylic acids is 1. The molecule has 0 spiro atoms. The summed E-state index contributed by atoms with van der Waals surface area (Å²) < 4.78 is 14.6. The number of benzene rings is 1. The molecule has 0 unspecified atom stereocenters. The number of amides is 1. The first kappa shape index (κ1) is 15.0. The van der Waals surface area contributed by atoms with E-state index in [4.69, 9.17) is 11.6 Å². The van der Waals surface area contributed by atoms with Gasteiger partial charge >= 0.3 is 0 Å². The quantitative estimate of drug-likeness (QED) is 0.868. The smallest absolute Gasteiger partial charge is 0.224 e.